The lowest BCUT2D eigenvalue weighted by molar-refractivity contribution is 0.322. The molecule has 0 fully saturated rings. The maximum Gasteiger partial charge on any atom is 0.203 e. The van der Waals surface area contributed by atoms with Gasteiger partial charge in [0, 0.05) is 24.2 Å². The molecule has 152 valence electrons. The molecule has 28 heavy (non-hydrogen) atoms. The highest BCUT2D eigenvalue weighted by Crippen LogP contribution is 2.39. The molecule has 2 aromatic rings. The Kier molecular flexibility index (Phi) is 8.39. The highest BCUT2D eigenvalue weighted by atomic mass is 19.1. The Hall–Kier alpha value is -2.96. The molecular formula is C21H28FN3O3. The third-order valence-corrected chi connectivity index (χ3v) is 4.18. The minimum atomic E-state index is -0.253. The van der Waals surface area contributed by atoms with E-state index in [4.69, 9.17) is 14.2 Å². The lowest BCUT2D eigenvalue weighted by Gasteiger charge is -2.16. The number of halogens is 1. The van der Waals surface area contributed by atoms with Crippen LogP contribution < -0.4 is 24.8 Å². The van der Waals surface area contributed by atoms with E-state index < -0.39 is 0 Å². The van der Waals surface area contributed by atoms with Gasteiger partial charge in [-0.3, -0.25) is 0 Å². The Labute approximate surface area is 165 Å². The number of benzene rings is 2. The molecule has 7 heteroatoms. The van der Waals surface area contributed by atoms with E-state index in [-0.39, 0.29) is 12.4 Å². The first-order chi connectivity index (χ1) is 13.6. The van der Waals surface area contributed by atoms with Crippen molar-refractivity contribution >= 4 is 5.96 Å². The number of methoxy groups -OCH3 is 3. The third-order valence-electron chi connectivity index (χ3n) is 4.18. The van der Waals surface area contributed by atoms with Gasteiger partial charge < -0.3 is 24.8 Å². The second-order valence-corrected chi connectivity index (χ2v) is 5.96. The van der Waals surface area contributed by atoms with Gasteiger partial charge in [-0.15, -0.1) is 0 Å². The van der Waals surface area contributed by atoms with Gasteiger partial charge in [-0.1, -0.05) is 24.3 Å². The Morgan fingerprint density at radius 2 is 1.68 bits per heavy atom. The number of aliphatic imine (C=N–C) groups is 1. The summed E-state index contributed by atoms with van der Waals surface area (Å²) in [5.41, 5.74) is 1.54. The molecule has 0 aliphatic rings. The molecule has 0 spiro atoms. The number of hydrogen-bond donors (Lipinski definition) is 2. The fourth-order valence-corrected chi connectivity index (χ4v) is 2.81. The first-order valence-corrected chi connectivity index (χ1v) is 9.18. The van der Waals surface area contributed by atoms with E-state index in [9.17, 15) is 4.39 Å². The van der Waals surface area contributed by atoms with Crippen molar-refractivity contribution in [1.82, 2.24) is 10.6 Å². The normalized spacial score (nSPS) is 11.1. The average Bonchev–Trinajstić information content (AvgIpc) is 2.72. The van der Waals surface area contributed by atoms with E-state index in [0.717, 1.165) is 5.56 Å². The third kappa shape index (κ3) is 5.52. The number of nitrogens with one attached hydrogen (secondary N) is 2. The summed E-state index contributed by atoms with van der Waals surface area (Å²) in [6.07, 6.45) is 0.688. The van der Waals surface area contributed by atoms with Gasteiger partial charge >= 0.3 is 0 Å². The topological polar surface area (TPSA) is 64.1 Å². The summed E-state index contributed by atoms with van der Waals surface area (Å²) >= 11 is 0. The predicted octanol–water partition coefficient (Wildman–Crippen LogP) is 3.15. The van der Waals surface area contributed by atoms with E-state index in [0.29, 0.717) is 48.3 Å². The zero-order chi connectivity index (χ0) is 20.4. The molecule has 0 aliphatic heterocycles. The van der Waals surface area contributed by atoms with Crippen LogP contribution in [0, 0.1) is 5.82 Å². The predicted molar refractivity (Wildman–Crippen MR) is 109 cm³/mol. The highest BCUT2D eigenvalue weighted by molar-refractivity contribution is 5.79. The molecule has 6 nitrogen and oxygen atoms in total. The van der Waals surface area contributed by atoms with Gasteiger partial charge in [0.2, 0.25) is 5.75 Å². The van der Waals surface area contributed by atoms with Crippen molar-refractivity contribution in [1.29, 1.82) is 0 Å². The monoisotopic (exact) mass is 389 g/mol. The summed E-state index contributed by atoms with van der Waals surface area (Å²) in [7, 11) is 4.78. The first-order valence-electron chi connectivity index (χ1n) is 9.18. The van der Waals surface area contributed by atoms with Crippen molar-refractivity contribution < 1.29 is 18.6 Å². The van der Waals surface area contributed by atoms with Crippen LogP contribution >= 0.6 is 0 Å². The quantitative estimate of drug-likeness (QED) is 0.510. The maximum absolute atomic E-state index is 13.8. The average molecular weight is 389 g/mol. The van der Waals surface area contributed by atoms with Crippen molar-refractivity contribution in [2.45, 2.75) is 19.9 Å². The molecule has 0 atom stereocenters. The molecular weight excluding hydrogens is 361 g/mol. The van der Waals surface area contributed by atoms with Crippen LogP contribution in [-0.2, 0) is 13.0 Å². The molecule has 2 rings (SSSR count). The van der Waals surface area contributed by atoms with Crippen molar-refractivity contribution in [3.8, 4) is 17.2 Å². The summed E-state index contributed by atoms with van der Waals surface area (Å²) in [5.74, 6) is 2.22. The zero-order valence-electron chi connectivity index (χ0n) is 16.8. The van der Waals surface area contributed by atoms with Crippen molar-refractivity contribution in [3.63, 3.8) is 0 Å². The van der Waals surface area contributed by atoms with Crippen LogP contribution in [0.25, 0.3) is 0 Å². The molecule has 2 aromatic carbocycles. The molecule has 0 heterocycles. The first kappa shape index (κ1) is 21.3. The second-order valence-electron chi connectivity index (χ2n) is 5.96. The van der Waals surface area contributed by atoms with Gasteiger partial charge in [0.25, 0.3) is 0 Å². The van der Waals surface area contributed by atoms with E-state index in [2.05, 4.69) is 15.6 Å². The molecule has 0 amide bonds. The molecule has 0 aliphatic carbocycles. The van der Waals surface area contributed by atoms with E-state index in [1.165, 1.54) is 6.07 Å². The Bertz CT molecular complexity index is 796. The van der Waals surface area contributed by atoms with Crippen molar-refractivity contribution in [3.05, 3.63) is 53.3 Å². The summed E-state index contributed by atoms with van der Waals surface area (Å²) < 4.78 is 30.0. The number of rotatable bonds is 9. The molecule has 0 aromatic heterocycles. The molecule has 0 bridgehead atoms. The van der Waals surface area contributed by atoms with E-state index >= 15 is 0 Å². The maximum atomic E-state index is 13.8. The van der Waals surface area contributed by atoms with Gasteiger partial charge in [-0.2, -0.15) is 0 Å². The summed E-state index contributed by atoms with van der Waals surface area (Å²) in [5, 5.41) is 6.43. The number of ether oxygens (including phenoxy) is 3. The summed E-state index contributed by atoms with van der Waals surface area (Å²) in [4.78, 5) is 4.46. The van der Waals surface area contributed by atoms with Crippen LogP contribution in [0.3, 0.4) is 0 Å². The van der Waals surface area contributed by atoms with Crippen LogP contribution in [0.4, 0.5) is 4.39 Å². The molecule has 0 saturated heterocycles. The van der Waals surface area contributed by atoms with Crippen LogP contribution in [0.5, 0.6) is 17.2 Å². The SMILES string of the molecule is CCNC(=NCc1ccccc1F)NCCc1ccc(OC)c(OC)c1OC. The Morgan fingerprint density at radius 3 is 2.32 bits per heavy atom. The second kappa shape index (κ2) is 11.0. The lowest BCUT2D eigenvalue weighted by Crippen LogP contribution is -2.38. The van der Waals surface area contributed by atoms with Crippen LogP contribution in [0.2, 0.25) is 0 Å². The van der Waals surface area contributed by atoms with Crippen LogP contribution in [0.15, 0.2) is 41.4 Å². The van der Waals surface area contributed by atoms with Gasteiger partial charge in [0.05, 0.1) is 27.9 Å². The van der Waals surface area contributed by atoms with Crippen molar-refractivity contribution in [2.75, 3.05) is 34.4 Å². The lowest BCUT2D eigenvalue weighted by atomic mass is 10.1. The minimum absolute atomic E-state index is 0.253. The summed E-state index contributed by atoms with van der Waals surface area (Å²) in [6.45, 7) is 3.58. The Morgan fingerprint density at radius 1 is 0.929 bits per heavy atom. The molecule has 0 saturated carbocycles. The molecule has 0 unspecified atom stereocenters. The number of nitrogens with zero attached hydrogens (tertiary/aromatic N) is 1. The molecule has 2 N–H and O–H groups in total. The van der Waals surface area contributed by atoms with Crippen molar-refractivity contribution in [2.24, 2.45) is 4.99 Å². The number of guanidine groups is 1. The van der Waals surface area contributed by atoms with E-state index in [1.54, 1.807) is 39.5 Å². The van der Waals surface area contributed by atoms with Gasteiger partial charge in [-0.05, 0) is 25.5 Å². The summed E-state index contributed by atoms with van der Waals surface area (Å²) in [6, 6.07) is 10.4. The fraction of sp³-hybridized carbons (Fsp3) is 0.381. The van der Waals surface area contributed by atoms with Gasteiger partial charge in [-0.25, -0.2) is 9.38 Å². The Balaban J connectivity index is 2.04. The standard InChI is InChI=1S/C21H28FN3O3/c1-5-23-21(25-14-16-8-6-7-9-17(16)22)24-13-12-15-10-11-18(26-2)20(28-4)19(15)27-3/h6-11H,5,12-14H2,1-4H3,(H2,23,24,25). The minimum Gasteiger partial charge on any atom is -0.493 e. The fourth-order valence-electron chi connectivity index (χ4n) is 2.81. The highest BCUT2D eigenvalue weighted by Gasteiger charge is 2.15. The van der Waals surface area contributed by atoms with Crippen LogP contribution in [0.1, 0.15) is 18.1 Å². The molecule has 0 radical (unpaired) electrons. The van der Waals surface area contributed by atoms with Crippen LogP contribution in [-0.4, -0.2) is 40.4 Å². The largest absolute Gasteiger partial charge is 0.493 e. The van der Waals surface area contributed by atoms with Gasteiger partial charge in [0.1, 0.15) is 5.82 Å². The number of hydrogen-bond acceptors (Lipinski definition) is 4. The smallest absolute Gasteiger partial charge is 0.203 e. The van der Waals surface area contributed by atoms with E-state index in [1.807, 2.05) is 19.1 Å². The zero-order valence-corrected chi connectivity index (χ0v) is 16.8. The van der Waals surface area contributed by atoms with Gasteiger partial charge in [0.15, 0.2) is 17.5 Å².